The second kappa shape index (κ2) is 5.69. The molecule has 0 radical (unpaired) electrons. The van der Waals surface area contributed by atoms with Crippen molar-refractivity contribution in [2.24, 2.45) is 0 Å². The molecule has 1 saturated heterocycles. The molecule has 6 nitrogen and oxygen atoms in total. The maximum absolute atomic E-state index is 10.9. The molecule has 19 heavy (non-hydrogen) atoms. The minimum atomic E-state index is -0.807. The molecule has 1 atom stereocenters. The van der Waals surface area contributed by atoms with Crippen LogP contribution in [0.25, 0.3) is 0 Å². The Kier molecular flexibility index (Phi) is 3.99. The molecule has 0 spiro atoms. The van der Waals surface area contributed by atoms with Gasteiger partial charge in [0.2, 0.25) is 0 Å². The third-order valence-electron chi connectivity index (χ3n) is 3.43. The van der Waals surface area contributed by atoms with Crippen molar-refractivity contribution in [3.8, 4) is 0 Å². The van der Waals surface area contributed by atoms with Crippen molar-refractivity contribution in [1.82, 2.24) is 0 Å². The fourth-order valence-electron chi connectivity index (χ4n) is 2.52. The summed E-state index contributed by atoms with van der Waals surface area (Å²) in [4.78, 5) is 23.1. The Morgan fingerprint density at radius 3 is 2.63 bits per heavy atom. The summed E-state index contributed by atoms with van der Waals surface area (Å²) in [5.41, 5.74) is 0.909. The monoisotopic (exact) mass is 264 g/mol. The fourth-order valence-corrected chi connectivity index (χ4v) is 2.52. The van der Waals surface area contributed by atoms with Gasteiger partial charge in [0.1, 0.15) is 0 Å². The molecule has 1 aromatic rings. The molecule has 102 valence electrons. The maximum Gasteiger partial charge on any atom is 0.305 e. The van der Waals surface area contributed by atoms with Crippen molar-refractivity contribution in [1.29, 1.82) is 0 Å². The summed E-state index contributed by atoms with van der Waals surface area (Å²) in [7, 11) is 0. The van der Waals surface area contributed by atoms with E-state index in [1.165, 1.54) is 12.1 Å². The van der Waals surface area contributed by atoms with E-state index in [2.05, 4.69) is 0 Å². The molecule has 0 bridgehead atoms. The standard InChI is InChI=1S/C13H16N2O4/c16-13(17)9-12-3-1-2-8-14(12)10-4-6-11(7-5-10)15(18)19/h4-7,12H,1-3,8-9H2,(H,16,17). The number of hydrogen-bond donors (Lipinski definition) is 1. The van der Waals surface area contributed by atoms with E-state index in [0.29, 0.717) is 0 Å². The van der Waals surface area contributed by atoms with Crippen molar-refractivity contribution in [3.05, 3.63) is 34.4 Å². The summed E-state index contributed by atoms with van der Waals surface area (Å²) < 4.78 is 0. The minimum Gasteiger partial charge on any atom is -0.481 e. The van der Waals surface area contributed by atoms with Gasteiger partial charge in [0, 0.05) is 30.4 Å². The highest BCUT2D eigenvalue weighted by Gasteiger charge is 2.25. The van der Waals surface area contributed by atoms with Crippen molar-refractivity contribution in [2.75, 3.05) is 11.4 Å². The Hall–Kier alpha value is -2.11. The van der Waals surface area contributed by atoms with Crippen molar-refractivity contribution >= 4 is 17.3 Å². The molecule has 1 aromatic carbocycles. The zero-order valence-corrected chi connectivity index (χ0v) is 10.5. The van der Waals surface area contributed by atoms with E-state index in [0.717, 1.165) is 31.5 Å². The maximum atomic E-state index is 10.9. The first kappa shape index (κ1) is 13.3. The van der Waals surface area contributed by atoms with Gasteiger partial charge in [-0.05, 0) is 31.4 Å². The number of anilines is 1. The number of aliphatic carboxylic acids is 1. The van der Waals surface area contributed by atoms with Gasteiger partial charge in [0.05, 0.1) is 11.3 Å². The summed E-state index contributed by atoms with van der Waals surface area (Å²) >= 11 is 0. The van der Waals surface area contributed by atoms with E-state index >= 15 is 0 Å². The average Bonchev–Trinajstić information content (AvgIpc) is 2.39. The first-order valence-corrected chi connectivity index (χ1v) is 6.31. The number of non-ortho nitro benzene ring substituents is 1. The van der Waals surface area contributed by atoms with Gasteiger partial charge in [-0.2, -0.15) is 0 Å². The van der Waals surface area contributed by atoms with Crippen LogP contribution in [-0.2, 0) is 4.79 Å². The first-order chi connectivity index (χ1) is 9.08. The molecule has 1 aliphatic rings. The Balaban J connectivity index is 2.17. The van der Waals surface area contributed by atoms with Crippen LogP contribution in [0.4, 0.5) is 11.4 Å². The lowest BCUT2D eigenvalue weighted by Crippen LogP contribution is -2.40. The molecule has 1 unspecified atom stereocenters. The van der Waals surface area contributed by atoms with Crippen LogP contribution in [0.1, 0.15) is 25.7 Å². The van der Waals surface area contributed by atoms with Gasteiger partial charge in [-0.1, -0.05) is 0 Å². The molecule has 1 fully saturated rings. The molecule has 0 saturated carbocycles. The van der Waals surface area contributed by atoms with E-state index in [4.69, 9.17) is 5.11 Å². The zero-order chi connectivity index (χ0) is 13.8. The lowest BCUT2D eigenvalue weighted by molar-refractivity contribution is -0.384. The largest absolute Gasteiger partial charge is 0.481 e. The number of nitro groups is 1. The summed E-state index contributed by atoms with van der Waals surface area (Å²) in [6, 6.07) is 6.29. The van der Waals surface area contributed by atoms with E-state index in [1.54, 1.807) is 12.1 Å². The highest BCUT2D eigenvalue weighted by Crippen LogP contribution is 2.28. The molecule has 0 aromatic heterocycles. The Morgan fingerprint density at radius 2 is 2.05 bits per heavy atom. The number of nitrogens with zero attached hydrogens (tertiary/aromatic N) is 2. The van der Waals surface area contributed by atoms with Crippen LogP contribution in [0.2, 0.25) is 0 Å². The van der Waals surface area contributed by atoms with E-state index in [-0.39, 0.29) is 18.2 Å². The molecule has 1 aliphatic heterocycles. The van der Waals surface area contributed by atoms with Crippen LogP contribution in [0, 0.1) is 10.1 Å². The molecule has 1 heterocycles. The number of carboxylic acid groups (broad SMARTS) is 1. The molecule has 1 N–H and O–H groups in total. The van der Waals surface area contributed by atoms with Gasteiger partial charge in [-0.15, -0.1) is 0 Å². The number of benzene rings is 1. The minimum absolute atomic E-state index is 0.0206. The van der Waals surface area contributed by atoms with E-state index in [1.807, 2.05) is 4.90 Å². The number of carbonyl (C=O) groups is 1. The summed E-state index contributed by atoms with van der Waals surface area (Å²) in [5.74, 6) is -0.807. The first-order valence-electron chi connectivity index (χ1n) is 6.31. The predicted molar refractivity (Wildman–Crippen MR) is 70.3 cm³/mol. The Morgan fingerprint density at radius 1 is 1.37 bits per heavy atom. The quantitative estimate of drug-likeness (QED) is 0.667. The van der Waals surface area contributed by atoms with Gasteiger partial charge in [0.25, 0.3) is 5.69 Å². The molecular formula is C13H16N2O4. The van der Waals surface area contributed by atoms with E-state index in [9.17, 15) is 14.9 Å². The van der Waals surface area contributed by atoms with Crippen LogP contribution >= 0.6 is 0 Å². The third kappa shape index (κ3) is 3.21. The van der Waals surface area contributed by atoms with Crippen LogP contribution in [0.3, 0.4) is 0 Å². The lowest BCUT2D eigenvalue weighted by atomic mass is 9.98. The van der Waals surface area contributed by atoms with Gasteiger partial charge in [-0.3, -0.25) is 14.9 Å². The summed E-state index contributed by atoms with van der Waals surface area (Å²) in [6.45, 7) is 0.801. The molecule has 0 amide bonds. The smallest absolute Gasteiger partial charge is 0.305 e. The van der Waals surface area contributed by atoms with Crippen LogP contribution in [0.5, 0.6) is 0 Å². The molecular weight excluding hydrogens is 248 g/mol. The third-order valence-corrected chi connectivity index (χ3v) is 3.43. The molecule has 2 rings (SSSR count). The summed E-state index contributed by atoms with van der Waals surface area (Å²) in [5, 5.41) is 19.5. The number of nitro benzene ring substituents is 1. The Bertz CT molecular complexity index is 472. The van der Waals surface area contributed by atoms with Crippen LogP contribution in [-0.4, -0.2) is 28.6 Å². The van der Waals surface area contributed by atoms with Gasteiger partial charge in [0.15, 0.2) is 0 Å². The fraction of sp³-hybridized carbons (Fsp3) is 0.462. The lowest BCUT2D eigenvalue weighted by Gasteiger charge is -2.36. The van der Waals surface area contributed by atoms with E-state index < -0.39 is 10.9 Å². The van der Waals surface area contributed by atoms with Crippen molar-refractivity contribution in [2.45, 2.75) is 31.7 Å². The second-order valence-electron chi connectivity index (χ2n) is 4.71. The topological polar surface area (TPSA) is 83.7 Å². The number of piperidine rings is 1. The second-order valence-corrected chi connectivity index (χ2v) is 4.71. The van der Waals surface area contributed by atoms with Gasteiger partial charge < -0.3 is 10.0 Å². The zero-order valence-electron chi connectivity index (χ0n) is 10.5. The highest BCUT2D eigenvalue weighted by atomic mass is 16.6. The Labute approximate surface area is 110 Å². The molecule has 6 heteroatoms. The highest BCUT2D eigenvalue weighted by molar-refractivity contribution is 5.68. The number of rotatable bonds is 4. The predicted octanol–water partition coefficient (Wildman–Crippen LogP) is 2.43. The normalized spacial score (nSPS) is 19.2. The number of carboxylic acids is 1. The van der Waals surface area contributed by atoms with Gasteiger partial charge in [-0.25, -0.2) is 0 Å². The van der Waals surface area contributed by atoms with Gasteiger partial charge >= 0.3 is 5.97 Å². The number of hydrogen-bond acceptors (Lipinski definition) is 4. The van der Waals surface area contributed by atoms with Crippen molar-refractivity contribution < 1.29 is 14.8 Å². The SMILES string of the molecule is O=C(O)CC1CCCCN1c1ccc([N+](=O)[O-])cc1. The van der Waals surface area contributed by atoms with Crippen LogP contribution in [0.15, 0.2) is 24.3 Å². The van der Waals surface area contributed by atoms with Crippen LogP contribution < -0.4 is 4.90 Å². The average molecular weight is 264 g/mol. The molecule has 0 aliphatic carbocycles. The van der Waals surface area contributed by atoms with Crippen molar-refractivity contribution in [3.63, 3.8) is 0 Å². The summed E-state index contributed by atoms with van der Waals surface area (Å²) in [6.07, 6.45) is 3.01.